The normalized spacial score (nSPS) is 22.6. The van der Waals surface area contributed by atoms with Crippen LogP contribution in [0.3, 0.4) is 0 Å². The minimum absolute atomic E-state index is 0. The number of hydrogen-bond acceptors (Lipinski definition) is 4. The molecule has 2 atom stereocenters. The van der Waals surface area contributed by atoms with E-state index in [0.717, 1.165) is 37.5 Å². The zero-order valence-corrected chi connectivity index (χ0v) is 19.4. The largest absolute Gasteiger partial charge is 0.459 e. The summed E-state index contributed by atoms with van der Waals surface area (Å²) in [6.07, 6.45) is 7.56. The third-order valence-electron chi connectivity index (χ3n) is 5.97. The van der Waals surface area contributed by atoms with Crippen LogP contribution in [0.25, 0.3) is 0 Å². The number of halogens is 1. The highest BCUT2D eigenvalue weighted by Gasteiger charge is 2.59. The molecule has 158 valence electrons. The van der Waals surface area contributed by atoms with Crippen molar-refractivity contribution >= 4 is 35.8 Å². The predicted octanol–water partition coefficient (Wildman–Crippen LogP) is 2.84. The maximum atomic E-state index is 12.0. The van der Waals surface area contributed by atoms with E-state index >= 15 is 0 Å². The maximum Gasteiger partial charge on any atom is 0.287 e. The van der Waals surface area contributed by atoms with Gasteiger partial charge in [-0.3, -0.25) is 9.79 Å². The Bertz CT molecular complexity index is 672. The lowest BCUT2D eigenvalue weighted by atomic mass is 9.51. The molecule has 2 aliphatic carbocycles. The van der Waals surface area contributed by atoms with Crippen molar-refractivity contribution < 1.29 is 13.9 Å². The molecular formula is C20H33IN4O3. The molecule has 0 bridgehead atoms. The summed E-state index contributed by atoms with van der Waals surface area (Å²) >= 11 is 0. The van der Waals surface area contributed by atoms with Crippen LogP contribution in [0.1, 0.15) is 55.1 Å². The number of guanidine groups is 1. The second-order valence-electron chi connectivity index (χ2n) is 7.50. The fourth-order valence-electron chi connectivity index (χ4n) is 4.18. The van der Waals surface area contributed by atoms with Gasteiger partial charge in [0.05, 0.1) is 12.4 Å². The lowest BCUT2D eigenvalue weighted by Gasteiger charge is -2.61. The van der Waals surface area contributed by atoms with E-state index in [1.165, 1.54) is 25.5 Å². The fraction of sp³-hybridized carbons (Fsp3) is 0.700. The molecule has 2 unspecified atom stereocenters. The van der Waals surface area contributed by atoms with Gasteiger partial charge in [-0.25, -0.2) is 0 Å². The standard InChI is InChI=1S/C20H32N4O3.HI/c1-4-26-16-13-15(20(16)8-5-9-20)24-19(21-3)23-11-6-10-22-18(25)17-14(2)7-12-27-17;/h7,12,15-16H,4-6,8-11,13H2,1-3H3,(H,22,25)(H2,21,23,24);1H. The van der Waals surface area contributed by atoms with E-state index < -0.39 is 0 Å². The SMILES string of the molecule is CCOC1CC(NC(=NC)NCCCNC(=O)c2occc2C)C12CCC2.I. The highest BCUT2D eigenvalue weighted by Crippen LogP contribution is 2.57. The van der Waals surface area contributed by atoms with E-state index in [9.17, 15) is 4.79 Å². The van der Waals surface area contributed by atoms with Gasteiger partial charge in [-0.05, 0) is 45.6 Å². The number of furan rings is 1. The van der Waals surface area contributed by atoms with E-state index in [4.69, 9.17) is 9.15 Å². The average Bonchev–Trinajstić information content (AvgIpc) is 3.03. The molecular weight excluding hydrogens is 471 g/mol. The van der Waals surface area contributed by atoms with Crippen LogP contribution < -0.4 is 16.0 Å². The van der Waals surface area contributed by atoms with Crippen LogP contribution in [-0.4, -0.2) is 50.8 Å². The third-order valence-corrected chi connectivity index (χ3v) is 5.97. The van der Waals surface area contributed by atoms with Gasteiger partial charge in [0, 0.05) is 43.8 Å². The molecule has 0 saturated heterocycles. The Morgan fingerprint density at radius 2 is 2.11 bits per heavy atom. The molecule has 1 amide bonds. The average molecular weight is 504 g/mol. The van der Waals surface area contributed by atoms with Crippen molar-refractivity contribution in [2.45, 2.75) is 58.1 Å². The highest BCUT2D eigenvalue weighted by molar-refractivity contribution is 14.0. The molecule has 0 radical (unpaired) electrons. The predicted molar refractivity (Wildman–Crippen MR) is 120 cm³/mol. The summed E-state index contributed by atoms with van der Waals surface area (Å²) < 4.78 is 11.1. The Hall–Kier alpha value is -1.29. The van der Waals surface area contributed by atoms with Crippen LogP contribution in [0.15, 0.2) is 21.7 Å². The highest BCUT2D eigenvalue weighted by atomic mass is 127. The number of rotatable bonds is 8. The van der Waals surface area contributed by atoms with Crippen LogP contribution in [0.2, 0.25) is 0 Å². The van der Waals surface area contributed by atoms with Crippen LogP contribution >= 0.6 is 24.0 Å². The number of aryl methyl sites for hydroxylation is 1. The monoisotopic (exact) mass is 504 g/mol. The van der Waals surface area contributed by atoms with Gasteiger partial charge in [0.25, 0.3) is 5.91 Å². The minimum atomic E-state index is -0.164. The van der Waals surface area contributed by atoms with Crippen molar-refractivity contribution in [2.24, 2.45) is 10.4 Å². The third kappa shape index (κ3) is 4.82. The molecule has 0 aliphatic heterocycles. The summed E-state index contributed by atoms with van der Waals surface area (Å²) in [5.41, 5.74) is 1.16. The molecule has 0 aromatic carbocycles. The van der Waals surface area contributed by atoms with Gasteiger partial charge >= 0.3 is 0 Å². The van der Waals surface area contributed by atoms with Crippen molar-refractivity contribution in [1.82, 2.24) is 16.0 Å². The smallest absolute Gasteiger partial charge is 0.287 e. The Balaban J connectivity index is 0.00000280. The molecule has 3 N–H and O–H groups in total. The molecule has 3 rings (SSSR count). The lowest BCUT2D eigenvalue weighted by molar-refractivity contribution is -0.168. The van der Waals surface area contributed by atoms with E-state index in [-0.39, 0.29) is 29.9 Å². The summed E-state index contributed by atoms with van der Waals surface area (Å²) in [6, 6.07) is 2.23. The van der Waals surface area contributed by atoms with Crippen LogP contribution in [0.4, 0.5) is 0 Å². The number of carbonyl (C=O) groups excluding carboxylic acids is 1. The van der Waals surface area contributed by atoms with E-state index in [1.54, 1.807) is 13.1 Å². The first-order chi connectivity index (χ1) is 13.1. The Kier molecular flexibility index (Phi) is 8.60. The second kappa shape index (κ2) is 10.5. The van der Waals surface area contributed by atoms with Crippen molar-refractivity contribution in [3.05, 3.63) is 23.7 Å². The molecule has 1 spiro atoms. The summed E-state index contributed by atoms with van der Waals surface area (Å²) in [4.78, 5) is 16.3. The number of carbonyl (C=O) groups is 1. The van der Waals surface area contributed by atoms with Crippen LogP contribution in [0, 0.1) is 12.3 Å². The van der Waals surface area contributed by atoms with Gasteiger partial charge in [-0.15, -0.1) is 24.0 Å². The van der Waals surface area contributed by atoms with Crippen molar-refractivity contribution in [2.75, 3.05) is 26.7 Å². The molecule has 8 heteroatoms. The number of amides is 1. The Morgan fingerprint density at radius 3 is 2.68 bits per heavy atom. The Labute approximate surface area is 184 Å². The lowest BCUT2D eigenvalue weighted by Crippen LogP contribution is -2.68. The fourth-order valence-corrected chi connectivity index (χ4v) is 4.18. The number of hydrogen-bond donors (Lipinski definition) is 3. The molecule has 7 nitrogen and oxygen atoms in total. The summed E-state index contributed by atoms with van der Waals surface area (Å²) in [7, 11) is 1.79. The van der Waals surface area contributed by atoms with E-state index in [0.29, 0.717) is 29.9 Å². The van der Waals surface area contributed by atoms with E-state index in [1.807, 2.05) is 6.92 Å². The number of aliphatic imine (C=N–C) groups is 1. The summed E-state index contributed by atoms with van der Waals surface area (Å²) in [6.45, 7) is 6.05. The quantitative estimate of drug-likeness (QED) is 0.219. The van der Waals surface area contributed by atoms with Gasteiger partial charge in [0.1, 0.15) is 0 Å². The first kappa shape index (κ1) is 23.0. The molecule has 1 heterocycles. The van der Waals surface area contributed by atoms with Crippen LogP contribution in [-0.2, 0) is 4.74 Å². The molecule has 2 aliphatic rings. The zero-order chi connectivity index (χ0) is 19.3. The zero-order valence-electron chi connectivity index (χ0n) is 17.0. The van der Waals surface area contributed by atoms with Crippen molar-refractivity contribution in [3.63, 3.8) is 0 Å². The first-order valence-electron chi connectivity index (χ1n) is 10.0. The molecule has 28 heavy (non-hydrogen) atoms. The van der Waals surface area contributed by atoms with Crippen molar-refractivity contribution in [1.29, 1.82) is 0 Å². The van der Waals surface area contributed by atoms with Gasteiger partial charge < -0.3 is 25.1 Å². The number of ether oxygens (including phenoxy) is 1. The van der Waals surface area contributed by atoms with Crippen LogP contribution in [0.5, 0.6) is 0 Å². The summed E-state index contributed by atoms with van der Waals surface area (Å²) in [5, 5.41) is 9.80. The minimum Gasteiger partial charge on any atom is -0.459 e. The maximum absolute atomic E-state index is 12.0. The molecule has 1 aromatic rings. The van der Waals surface area contributed by atoms with Gasteiger partial charge in [-0.1, -0.05) is 6.42 Å². The van der Waals surface area contributed by atoms with Gasteiger partial charge in [0.15, 0.2) is 11.7 Å². The van der Waals surface area contributed by atoms with Crippen molar-refractivity contribution in [3.8, 4) is 0 Å². The first-order valence-corrected chi connectivity index (χ1v) is 10.0. The number of nitrogens with zero attached hydrogens (tertiary/aromatic N) is 1. The molecule has 2 saturated carbocycles. The summed E-state index contributed by atoms with van der Waals surface area (Å²) in [5.74, 6) is 1.05. The molecule has 1 aromatic heterocycles. The Morgan fingerprint density at radius 1 is 1.36 bits per heavy atom. The molecule has 2 fully saturated rings. The number of nitrogens with one attached hydrogen (secondary N) is 3. The van der Waals surface area contributed by atoms with Gasteiger partial charge in [-0.2, -0.15) is 0 Å². The second-order valence-corrected chi connectivity index (χ2v) is 7.50. The van der Waals surface area contributed by atoms with Gasteiger partial charge in [0.2, 0.25) is 0 Å². The topological polar surface area (TPSA) is 87.9 Å². The van der Waals surface area contributed by atoms with E-state index in [2.05, 4.69) is 27.9 Å².